The normalized spacial score (nSPS) is 14.3. The van der Waals surface area contributed by atoms with Crippen LogP contribution < -0.4 is 9.47 Å². The van der Waals surface area contributed by atoms with Gasteiger partial charge < -0.3 is 19.7 Å². The molecule has 0 radical (unpaired) electrons. The number of rotatable bonds is 3. The minimum Gasteiger partial charge on any atom is -0.508 e. The van der Waals surface area contributed by atoms with Crippen molar-refractivity contribution in [3.8, 4) is 17.2 Å². The van der Waals surface area contributed by atoms with Crippen LogP contribution in [0.2, 0.25) is 0 Å². The summed E-state index contributed by atoms with van der Waals surface area (Å²) >= 11 is 3.41. The van der Waals surface area contributed by atoms with Crippen molar-refractivity contribution in [2.24, 2.45) is 0 Å². The van der Waals surface area contributed by atoms with Crippen LogP contribution in [0.3, 0.4) is 0 Å². The Morgan fingerprint density at radius 1 is 1.15 bits per heavy atom. The fourth-order valence-corrected chi connectivity index (χ4v) is 2.73. The van der Waals surface area contributed by atoms with E-state index in [-0.39, 0.29) is 12.5 Å². The van der Waals surface area contributed by atoms with Gasteiger partial charge in [0.25, 0.3) is 0 Å². The van der Waals surface area contributed by atoms with E-state index in [0.717, 1.165) is 15.6 Å². The highest BCUT2D eigenvalue weighted by Gasteiger charge is 2.20. The minimum absolute atomic E-state index is 0.200. The monoisotopic (exact) mass is 336 g/mol. The van der Waals surface area contributed by atoms with E-state index in [1.807, 2.05) is 6.07 Å². The Hall–Kier alpha value is -1.72. The predicted molar refractivity (Wildman–Crippen MR) is 77.0 cm³/mol. The van der Waals surface area contributed by atoms with Crippen LogP contribution in [0.5, 0.6) is 17.2 Å². The summed E-state index contributed by atoms with van der Waals surface area (Å²) in [7, 11) is 0. The topological polar surface area (TPSA) is 58.9 Å². The van der Waals surface area contributed by atoms with Gasteiger partial charge in [-0.1, -0.05) is 12.1 Å². The predicted octanol–water partition coefficient (Wildman–Crippen LogP) is 3.16. The second-order valence-corrected chi connectivity index (χ2v) is 5.48. The van der Waals surface area contributed by atoms with Gasteiger partial charge in [0.1, 0.15) is 5.75 Å². The van der Waals surface area contributed by atoms with Crippen LogP contribution in [0.25, 0.3) is 0 Å². The van der Waals surface area contributed by atoms with Gasteiger partial charge in [-0.15, -0.1) is 0 Å². The summed E-state index contributed by atoms with van der Waals surface area (Å²) in [4.78, 5) is 0. The van der Waals surface area contributed by atoms with Crippen molar-refractivity contribution in [1.29, 1.82) is 0 Å². The molecule has 0 saturated heterocycles. The molecular formula is C15H13BrO4. The largest absolute Gasteiger partial charge is 0.508 e. The average molecular weight is 337 g/mol. The summed E-state index contributed by atoms with van der Waals surface area (Å²) in [5, 5.41) is 19.6. The second kappa shape index (κ2) is 5.34. The summed E-state index contributed by atoms with van der Waals surface area (Å²) in [6, 6.07) is 10.4. The number of fused-ring (bicyclic) bond motifs is 1. The number of phenolic OH excluding ortho intramolecular Hbond substituents is 1. The Balaban J connectivity index is 1.82. The molecule has 2 aromatic rings. The van der Waals surface area contributed by atoms with E-state index in [1.54, 1.807) is 30.3 Å². The molecule has 1 heterocycles. The van der Waals surface area contributed by atoms with Crippen molar-refractivity contribution in [3.63, 3.8) is 0 Å². The Morgan fingerprint density at radius 3 is 2.65 bits per heavy atom. The van der Waals surface area contributed by atoms with Crippen molar-refractivity contribution < 1.29 is 19.7 Å². The van der Waals surface area contributed by atoms with Gasteiger partial charge in [0.2, 0.25) is 6.79 Å². The molecule has 2 N–H and O–H groups in total. The number of hydrogen-bond donors (Lipinski definition) is 2. The van der Waals surface area contributed by atoms with Gasteiger partial charge in [0.05, 0.1) is 10.6 Å². The highest BCUT2D eigenvalue weighted by Crippen LogP contribution is 2.41. The van der Waals surface area contributed by atoms with Crippen molar-refractivity contribution in [1.82, 2.24) is 0 Å². The SMILES string of the molecule is Oc1ccc(CC(O)c2cc(Br)c3c(c2)OCO3)cc1. The summed E-state index contributed by atoms with van der Waals surface area (Å²) in [6.07, 6.45) is -0.183. The molecule has 4 nitrogen and oxygen atoms in total. The van der Waals surface area contributed by atoms with Gasteiger partial charge in [0.15, 0.2) is 11.5 Å². The molecule has 0 amide bonds. The Bertz CT molecular complexity index is 625. The standard InChI is InChI=1S/C15H13BrO4/c16-12-6-10(7-14-15(12)20-8-19-14)13(18)5-9-1-3-11(17)4-2-9/h1-4,6-7,13,17-18H,5,8H2. The molecule has 0 aliphatic carbocycles. The smallest absolute Gasteiger partial charge is 0.231 e. The highest BCUT2D eigenvalue weighted by molar-refractivity contribution is 9.10. The zero-order chi connectivity index (χ0) is 14.1. The first-order chi connectivity index (χ1) is 9.63. The molecule has 1 aliphatic rings. The second-order valence-electron chi connectivity index (χ2n) is 4.62. The number of aliphatic hydroxyl groups excluding tert-OH is 1. The number of halogens is 1. The zero-order valence-corrected chi connectivity index (χ0v) is 12.1. The fraction of sp³-hybridized carbons (Fsp3) is 0.200. The lowest BCUT2D eigenvalue weighted by atomic mass is 10.0. The van der Waals surface area contributed by atoms with Crippen molar-refractivity contribution in [2.45, 2.75) is 12.5 Å². The molecule has 1 atom stereocenters. The minimum atomic E-state index is -0.648. The van der Waals surface area contributed by atoms with E-state index >= 15 is 0 Å². The average Bonchev–Trinajstić information content (AvgIpc) is 2.90. The van der Waals surface area contributed by atoms with Crippen LogP contribution in [0.4, 0.5) is 0 Å². The molecule has 1 aliphatic heterocycles. The zero-order valence-electron chi connectivity index (χ0n) is 10.5. The van der Waals surface area contributed by atoms with Crippen molar-refractivity contribution in [2.75, 3.05) is 6.79 Å². The molecule has 2 aromatic carbocycles. The number of hydrogen-bond acceptors (Lipinski definition) is 4. The first kappa shape index (κ1) is 13.3. The third-order valence-electron chi connectivity index (χ3n) is 3.20. The van der Waals surface area contributed by atoms with Gasteiger partial charge in [0, 0.05) is 6.42 Å². The molecule has 1 unspecified atom stereocenters. The van der Waals surface area contributed by atoms with Crippen LogP contribution in [-0.4, -0.2) is 17.0 Å². The maximum atomic E-state index is 10.3. The molecule has 5 heteroatoms. The molecule has 3 rings (SSSR count). The highest BCUT2D eigenvalue weighted by atomic mass is 79.9. The molecule has 0 saturated carbocycles. The van der Waals surface area contributed by atoms with Crippen LogP contribution in [0.15, 0.2) is 40.9 Å². The number of phenols is 1. The lowest BCUT2D eigenvalue weighted by Gasteiger charge is -2.13. The lowest BCUT2D eigenvalue weighted by Crippen LogP contribution is -2.02. The van der Waals surface area contributed by atoms with Gasteiger partial charge in [-0.3, -0.25) is 0 Å². The Labute approximate surface area is 124 Å². The third-order valence-corrected chi connectivity index (χ3v) is 3.79. The Kier molecular flexibility index (Phi) is 3.54. The molecule has 0 spiro atoms. The van der Waals surface area contributed by atoms with Crippen molar-refractivity contribution in [3.05, 3.63) is 52.0 Å². The quantitative estimate of drug-likeness (QED) is 0.903. The van der Waals surface area contributed by atoms with E-state index in [1.165, 1.54) is 0 Å². The summed E-state index contributed by atoms with van der Waals surface area (Å²) in [6.45, 7) is 0.200. The first-order valence-corrected chi connectivity index (χ1v) is 6.98. The van der Waals surface area contributed by atoms with Crippen LogP contribution in [-0.2, 0) is 6.42 Å². The van der Waals surface area contributed by atoms with E-state index in [9.17, 15) is 10.2 Å². The maximum Gasteiger partial charge on any atom is 0.231 e. The van der Waals surface area contributed by atoms with E-state index in [4.69, 9.17) is 9.47 Å². The van der Waals surface area contributed by atoms with Gasteiger partial charge in [-0.25, -0.2) is 0 Å². The van der Waals surface area contributed by atoms with Gasteiger partial charge in [-0.2, -0.15) is 0 Å². The maximum absolute atomic E-state index is 10.3. The van der Waals surface area contributed by atoms with Gasteiger partial charge >= 0.3 is 0 Å². The van der Waals surface area contributed by atoms with E-state index < -0.39 is 6.10 Å². The number of aromatic hydroxyl groups is 1. The number of aliphatic hydroxyl groups is 1. The summed E-state index contributed by atoms with van der Waals surface area (Å²) in [5.74, 6) is 1.53. The molecule has 0 bridgehead atoms. The van der Waals surface area contributed by atoms with E-state index in [2.05, 4.69) is 15.9 Å². The molecular weight excluding hydrogens is 324 g/mol. The van der Waals surface area contributed by atoms with Crippen LogP contribution in [0, 0.1) is 0 Å². The summed E-state index contributed by atoms with van der Waals surface area (Å²) < 4.78 is 11.4. The van der Waals surface area contributed by atoms with Gasteiger partial charge in [-0.05, 0) is 51.3 Å². The molecule has 0 aromatic heterocycles. The first-order valence-electron chi connectivity index (χ1n) is 6.18. The fourth-order valence-electron chi connectivity index (χ4n) is 2.15. The summed E-state index contributed by atoms with van der Waals surface area (Å²) in [5.41, 5.74) is 1.71. The third kappa shape index (κ3) is 2.59. The molecule has 104 valence electrons. The molecule has 0 fully saturated rings. The molecule has 20 heavy (non-hydrogen) atoms. The van der Waals surface area contributed by atoms with E-state index in [0.29, 0.717) is 17.9 Å². The van der Waals surface area contributed by atoms with Crippen LogP contribution in [0.1, 0.15) is 17.2 Å². The number of benzene rings is 2. The van der Waals surface area contributed by atoms with Crippen LogP contribution >= 0.6 is 15.9 Å². The number of ether oxygens (including phenoxy) is 2. The lowest BCUT2D eigenvalue weighted by molar-refractivity contribution is 0.171. The Morgan fingerprint density at radius 2 is 1.90 bits per heavy atom. The van der Waals surface area contributed by atoms with Crippen molar-refractivity contribution >= 4 is 15.9 Å².